The quantitative estimate of drug-likeness (QED) is 0.469. The second-order valence-electron chi connectivity index (χ2n) is 6.42. The Morgan fingerprint density at radius 3 is 2.68 bits per heavy atom. The van der Waals surface area contributed by atoms with Gasteiger partial charge in [-0.3, -0.25) is 4.79 Å². The first-order valence-corrected chi connectivity index (χ1v) is 9.04. The first-order chi connectivity index (χ1) is 14.2. The Balaban J connectivity index is 0.00000272. The van der Waals surface area contributed by atoms with Gasteiger partial charge in [-0.2, -0.15) is 41.4 Å². The van der Waals surface area contributed by atoms with Gasteiger partial charge in [0.1, 0.15) is 11.8 Å². The lowest BCUT2D eigenvalue weighted by Gasteiger charge is -2.14. The number of hydrogen-bond donors (Lipinski definition) is 1. The molecule has 162 valence electrons. The van der Waals surface area contributed by atoms with E-state index in [0.29, 0.717) is 11.1 Å². The molecule has 2 aromatic carbocycles. The Labute approximate surface area is 185 Å². The monoisotopic (exact) mass is 469 g/mol. The molecule has 0 aliphatic carbocycles. The predicted octanol–water partition coefficient (Wildman–Crippen LogP) is 4.68. The Morgan fingerprint density at radius 2 is 1.97 bits per heavy atom. The van der Waals surface area contributed by atoms with Crippen LogP contribution in [0.5, 0.6) is 0 Å². The molecule has 0 fully saturated rings. The first kappa shape index (κ1) is 22.6. The maximum atomic E-state index is 13.0. The van der Waals surface area contributed by atoms with Gasteiger partial charge in [-0.1, -0.05) is 23.7 Å². The molecule has 2 heterocycles. The summed E-state index contributed by atoms with van der Waals surface area (Å²) in [5, 5.41) is 6.47. The van der Waals surface area contributed by atoms with Crippen LogP contribution in [0, 0.1) is 0 Å². The molecule has 1 amide bonds. The van der Waals surface area contributed by atoms with E-state index in [-0.39, 0.29) is 35.9 Å². The predicted molar refractivity (Wildman–Crippen MR) is 112 cm³/mol. The molecule has 1 atom stereocenters. The molecule has 12 heteroatoms. The van der Waals surface area contributed by atoms with Gasteiger partial charge in [-0.05, 0) is 37.3 Å². The largest absolute Gasteiger partial charge is 0.422 e. The van der Waals surface area contributed by atoms with E-state index >= 15 is 0 Å². The second kappa shape index (κ2) is 8.60. The maximum absolute atomic E-state index is 13.0. The summed E-state index contributed by atoms with van der Waals surface area (Å²) in [7, 11) is 0. The van der Waals surface area contributed by atoms with E-state index in [0.717, 1.165) is 18.2 Å². The number of para-hydroxylation sites is 2. The molecule has 0 aliphatic heterocycles. The van der Waals surface area contributed by atoms with Crippen molar-refractivity contribution in [1.82, 2.24) is 25.1 Å². The average molecular weight is 470 g/mol. The normalized spacial score (nSPS) is 12.4. The summed E-state index contributed by atoms with van der Waals surface area (Å²) in [5.74, 6) is -0.462. The Morgan fingerprint density at radius 1 is 1.23 bits per heavy atom. The Kier molecular flexibility index (Phi) is 6.27. The van der Waals surface area contributed by atoms with Gasteiger partial charge in [0.2, 0.25) is 0 Å². The molecule has 0 bridgehead atoms. The molecule has 7 nitrogen and oxygen atoms in total. The fraction of sp³-hybridized carbons (Fsp3) is 0.158. The molecular formula is C19H15ClF3N5O2S. The standard InChI is InChI=1S/C19H13ClF3N5O2.H2S/c1-10(26-17(29)11-6-12(19(21,22)23)8-13(20)7-11)16-24-9-25-28(16)18-27-14-4-2-3-5-15(14)30-18;/h2-10H,1H3,(H,26,29);1H2/t10-;/m0./s1. The summed E-state index contributed by atoms with van der Waals surface area (Å²) >= 11 is 5.75. The molecule has 0 spiro atoms. The summed E-state index contributed by atoms with van der Waals surface area (Å²) in [6.07, 6.45) is -3.37. The van der Waals surface area contributed by atoms with Gasteiger partial charge in [0.25, 0.3) is 5.91 Å². The molecule has 2 aromatic heterocycles. The van der Waals surface area contributed by atoms with E-state index in [2.05, 4.69) is 20.4 Å². The van der Waals surface area contributed by atoms with Crippen molar-refractivity contribution < 1.29 is 22.4 Å². The SMILES string of the molecule is C[C@H](NC(=O)c1cc(Cl)cc(C(F)(F)F)c1)c1ncnn1-c1nc2ccccc2o1.S. The molecule has 0 aliphatic rings. The van der Waals surface area contributed by atoms with E-state index in [1.807, 2.05) is 0 Å². The molecule has 0 saturated heterocycles. The number of oxazole rings is 1. The lowest BCUT2D eigenvalue weighted by molar-refractivity contribution is -0.137. The van der Waals surface area contributed by atoms with Crippen LogP contribution < -0.4 is 5.32 Å². The highest BCUT2D eigenvalue weighted by atomic mass is 35.5. The number of alkyl halides is 3. The van der Waals surface area contributed by atoms with Gasteiger partial charge >= 0.3 is 12.2 Å². The van der Waals surface area contributed by atoms with Crippen LogP contribution in [0.4, 0.5) is 13.2 Å². The van der Waals surface area contributed by atoms with E-state index in [9.17, 15) is 18.0 Å². The van der Waals surface area contributed by atoms with Crippen LogP contribution in [0.15, 0.2) is 53.2 Å². The number of carbonyl (C=O) groups excluding carboxylic acids is 1. The van der Waals surface area contributed by atoms with E-state index in [1.165, 1.54) is 11.0 Å². The minimum atomic E-state index is -4.63. The number of aromatic nitrogens is 4. The smallest absolute Gasteiger partial charge is 0.416 e. The molecule has 0 radical (unpaired) electrons. The average Bonchev–Trinajstić information content (AvgIpc) is 3.33. The van der Waals surface area contributed by atoms with E-state index in [1.54, 1.807) is 31.2 Å². The van der Waals surface area contributed by atoms with Gasteiger partial charge < -0.3 is 9.73 Å². The third-order valence-corrected chi connectivity index (χ3v) is 4.48. The van der Waals surface area contributed by atoms with Crippen molar-refractivity contribution in [2.45, 2.75) is 19.1 Å². The molecule has 4 rings (SSSR count). The van der Waals surface area contributed by atoms with Crippen LogP contribution in [-0.4, -0.2) is 25.7 Å². The number of nitrogens with one attached hydrogen (secondary N) is 1. The Hall–Kier alpha value is -3.05. The summed E-state index contributed by atoms with van der Waals surface area (Å²) in [6.45, 7) is 1.61. The lowest BCUT2D eigenvalue weighted by Crippen LogP contribution is -2.29. The highest BCUT2D eigenvalue weighted by Crippen LogP contribution is 2.32. The number of amides is 1. The van der Waals surface area contributed by atoms with Crippen molar-refractivity contribution in [2.75, 3.05) is 0 Å². The summed E-state index contributed by atoms with van der Waals surface area (Å²) < 4.78 is 46.0. The topological polar surface area (TPSA) is 85.8 Å². The van der Waals surface area contributed by atoms with Crippen molar-refractivity contribution in [3.63, 3.8) is 0 Å². The van der Waals surface area contributed by atoms with Crippen LogP contribution in [0.1, 0.15) is 34.7 Å². The van der Waals surface area contributed by atoms with Crippen molar-refractivity contribution >= 4 is 42.1 Å². The number of nitrogens with zero attached hydrogens (tertiary/aromatic N) is 4. The number of hydrogen-bond acceptors (Lipinski definition) is 5. The molecule has 1 N–H and O–H groups in total. The third-order valence-electron chi connectivity index (χ3n) is 4.26. The molecule has 0 saturated carbocycles. The number of fused-ring (bicyclic) bond motifs is 1. The highest BCUT2D eigenvalue weighted by molar-refractivity contribution is 7.59. The fourth-order valence-electron chi connectivity index (χ4n) is 2.87. The van der Waals surface area contributed by atoms with Crippen molar-refractivity contribution in [1.29, 1.82) is 0 Å². The number of benzene rings is 2. The number of rotatable bonds is 4. The van der Waals surface area contributed by atoms with E-state index in [4.69, 9.17) is 16.0 Å². The van der Waals surface area contributed by atoms with Gasteiger partial charge in [0.15, 0.2) is 11.4 Å². The molecule has 0 unspecified atom stereocenters. The fourth-order valence-corrected chi connectivity index (χ4v) is 3.11. The second-order valence-corrected chi connectivity index (χ2v) is 6.85. The van der Waals surface area contributed by atoms with Gasteiger partial charge in [0.05, 0.1) is 11.6 Å². The van der Waals surface area contributed by atoms with Gasteiger partial charge in [-0.25, -0.2) is 4.98 Å². The van der Waals surface area contributed by atoms with E-state index < -0.39 is 23.7 Å². The minimum absolute atomic E-state index is 0. The zero-order chi connectivity index (χ0) is 21.5. The summed E-state index contributed by atoms with van der Waals surface area (Å²) in [4.78, 5) is 21.0. The molecule has 4 aromatic rings. The zero-order valence-corrected chi connectivity index (χ0v) is 17.6. The first-order valence-electron chi connectivity index (χ1n) is 8.67. The third kappa shape index (κ3) is 4.67. The van der Waals surface area contributed by atoms with Gasteiger partial charge in [-0.15, -0.1) is 0 Å². The lowest BCUT2D eigenvalue weighted by atomic mass is 10.1. The zero-order valence-electron chi connectivity index (χ0n) is 15.8. The van der Waals surface area contributed by atoms with Crippen LogP contribution in [0.25, 0.3) is 17.1 Å². The van der Waals surface area contributed by atoms with Gasteiger partial charge in [0, 0.05) is 10.6 Å². The number of halogens is 4. The van der Waals surface area contributed by atoms with Crippen molar-refractivity contribution in [3.05, 3.63) is 70.8 Å². The molecule has 31 heavy (non-hydrogen) atoms. The maximum Gasteiger partial charge on any atom is 0.416 e. The minimum Gasteiger partial charge on any atom is -0.422 e. The number of carbonyl (C=O) groups is 1. The van der Waals surface area contributed by atoms with Crippen LogP contribution >= 0.6 is 25.1 Å². The Bertz CT molecular complexity index is 1210. The van der Waals surface area contributed by atoms with Crippen molar-refractivity contribution in [3.8, 4) is 6.01 Å². The highest BCUT2D eigenvalue weighted by Gasteiger charge is 2.32. The summed E-state index contributed by atoms with van der Waals surface area (Å²) in [5.41, 5.74) is -0.0782. The van der Waals surface area contributed by atoms with Crippen molar-refractivity contribution in [2.24, 2.45) is 0 Å². The summed E-state index contributed by atoms with van der Waals surface area (Å²) in [6, 6.07) is 9.18. The van der Waals surface area contributed by atoms with Crippen LogP contribution in [0.3, 0.4) is 0 Å². The van der Waals surface area contributed by atoms with Crippen LogP contribution in [-0.2, 0) is 6.18 Å². The molecular weight excluding hydrogens is 455 g/mol. The van der Waals surface area contributed by atoms with Crippen LogP contribution in [0.2, 0.25) is 5.02 Å².